The van der Waals surface area contributed by atoms with Gasteiger partial charge in [0, 0.05) is 28.9 Å². The molecule has 0 saturated heterocycles. The van der Waals surface area contributed by atoms with Crippen LogP contribution < -0.4 is 10.1 Å². The minimum atomic E-state index is -0.207. The minimum Gasteiger partial charge on any atom is -0.496 e. The van der Waals surface area contributed by atoms with E-state index in [0.29, 0.717) is 11.4 Å². The van der Waals surface area contributed by atoms with Crippen molar-refractivity contribution in [3.8, 4) is 17.0 Å². The van der Waals surface area contributed by atoms with E-state index in [1.165, 1.54) is 0 Å². The van der Waals surface area contributed by atoms with Gasteiger partial charge in [-0.15, -0.1) is 0 Å². The molecule has 0 radical (unpaired) electrons. The molecule has 2 aromatic carbocycles. The number of carbonyl (C=O) groups is 1. The molecule has 1 amide bonds. The molecule has 0 saturated carbocycles. The van der Waals surface area contributed by atoms with Crippen LogP contribution in [0, 0.1) is 6.92 Å². The molecule has 5 heteroatoms. The number of para-hydroxylation sites is 1. The lowest BCUT2D eigenvalue weighted by atomic mass is 10.1. The molecule has 0 bridgehead atoms. The third-order valence-electron chi connectivity index (χ3n) is 4.60. The number of amides is 1. The third kappa shape index (κ3) is 3.42. The molecule has 0 atom stereocenters. The Morgan fingerprint density at radius 2 is 1.86 bits per heavy atom. The first kappa shape index (κ1) is 17.7. The third-order valence-corrected chi connectivity index (χ3v) is 4.60. The fraction of sp³-hybridized carbons (Fsp3) is 0.0870. The van der Waals surface area contributed by atoms with Crippen LogP contribution in [0.3, 0.4) is 0 Å². The molecule has 4 aromatic rings. The van der Waals surface area contributed by atoms with Crippen molar-refractivity contribution in [1.82, 2.24) is 9.97 Å². The predicted molar refractivity (Wildman–Crippen MR) is 111 cm³/mol. The van der Waals surface area contributed by atoms with Gasteiger partial charge < -0.3 is 10.1 Å². The molecule has 4 rings (SSSR count). The second kappa shape index (κ2) is 7.48. The summed E-state index contributed by atoms with van der Waals surface area (Å²) in [4.78, 5) is 21.5. The van der Waals surface area contributed by atoms with E-state index in [9.17, 15) is 4.79 Å². The Hall–Kier alpha value is -3.73. The number of nitrogens with zero attached hydrogens (tertiary/aromatic N) is 2. The van der Waals surface area contributed by atoms with Gasteiger partial charge in [-0.3, -0.25) is 9.78 Å². The van der Waals surface area contributed by atoms with Crippen LogP contribution in [0.1, 0.15) is 15.9 Å². The highest BCUT2D eigenvalue weighted by atomic mass is 16.5. The van der Waals surface area contributed by atoms with Gasteiger partial charge in [-0.25, -0.2) is 4.98 Å². The number of pyridine rings is 2. The molecule has 0 unspecified atom stereocenters. The molecule has 0 aliphatic carbocycles. The lowest BCUT2D eigenvalue weighted by Crippen LogP contribution is -2.13. The Morgan fingerprint density at radius 1 is 1.00 bits per heavy atom. The van der Waals surface area contributed by atoms with E-state index in [0.717, 1.165) is 33.3 Å². The van der Waals surface area contributed by atoms with Gasteiger partial charge >= 0.3 is 0 Å². The highest BCUT2D eigenvalue weighted by Gasteiger charge is 2.13. The monoisotopic (exact) mass is 369 g/mol. The fourth-order valence-corrected chi connectivity index (χ4v) is 3.12. The molecular weight excluding hydrogens is 350 g/mol. The molecule has 28 heavy (non-hydrogen) atoms. The van der Waals surface area contributed by atoms with Crippen molar-refractivity contribution in [3.63, 3.8) is 0 Å². The maximum absolute atomic E-state index is 12.7. The first-order valence-corrected chi connectivity index (χ1v) is 8.92. The lowest BCUT2D eigenvalue weighted by Gasteiger charge is -2.12. The van der Waals surface area contributed by atoms with Crippen LogP contribution in [0.15, 0.2) is 73.1 Å². The van der Waals surface area contributed by atoms with Gasteiger partial charge in [-0.05, 0) is 54.3 Å². The van der Waals surface area contributed by atoms with Crippen LogP contribution in [0.5, 0.6) is 5.75 Å². The SMILES string of the molecule is COc1ccccc1-c1nc(NC(=O)c2ccc3cnccc3c2)ccc1C. The van der Waals surface area contributed by atoms with Crippen molar-refractivity contribution in [2.45, 2.75) is 6.92 Å². The number of ether oxygens (including phenoxy) is 1. The van der Waals surface area contributed by atoms with E-state index >= 15 is 0 Å². The molecule has 1 N–H and O–H groups in total. The average Bonchev–Trinajstić information content (AvgIpc) is 2.74. The summed E-state index contributed by atoms with van der Waals surface area (Å²) in [6, 6.07) is 18.9. The van der Waals surface area contributed by atoms with Crippen molar-refractivity contribution in [2.24, 2.45) is 0 Å². The van der Waals surface area contributed by atoms with E-state index in [2.05, 4.69) is 15.3 Å². The van der Waals surface area contributed by atoms with Gasteiger partial charge in [0.15, 0.2) is 0 Å². The summed E-state index contributed by atoms with van der Waals surface area (Å²) in [6.45, 7) is 1.98. The van der Waals surface area contributed by atoms with Crippen LogP contribution in [0.25, 0.3) is 22.0 Å². The zero-order valence-corrected chi connectivity index (χ0v) is 15.6. The first-order valence-electron chi connectivity index (χ1n) is 8.92. The molecule has 0 spiro atoms. The van der Waals surface area contributed by atoms with Gasteiger partial charge in [-0.1, -0.05) is 24.3 Å². The largest absolute Gasteiger partial charge is 0.496 e. The Bertz CT molecular complexity index is 1170. The number of rotatable bonds is 4. The Labute approximate surface area is 163 Å². The molecule has 5 nitrogen and oxygen atoms in total. The summed E-state index contributed by atoms with van der Waals surface area (Å²) in [5.74, 6) is 1.03. The number of aromatic nitrogens is 2. The van der Waals surface area contributed by atoms with Crippen molar-refractivity contribution in [2.75, 3.05) is 12.4 Å². The summed E-state index contributed by atoms with van der Waals surface area (Å²) in [5, 5.41) is 4.85. The van der Waals surface area contributed by atoms with E-state index < -0.39 is 0 Å². The molecule has 2 aromatic heterocycles. The predicted octanol–water partition coefficient (Wildman–Crippen LogP) is 4.87. The van der Waals surface area contributed by atoms with Crippen molar-refractivity contribution in [3.05, 3.63) is 84.2 Å². The van der Waals surface area contributed by atoms with Crippen LogP contribution >= 0.6 is 0 Å². The summed E-state index contributed by atoms with van der Waals surface area (Å²) in [7, 11) is 1.63. The standard InChI is InChI=1S/C23H19N3O2/c1-15-7-10-21(25-22(15)19-5-3-4-6-20(19)28-2)26-23(27)17-8-9-18-14-24-12-11-16(18)13-17/h3-14H,1-2H3,(H,25,26,27). The molecule has 138 valence electrons. The van der Waals surface area contributed by atoms with Crippen LogP contribution in [-0.2, 0) is 0 Å². The van der Waals surface area contributed by atoms with Crippen LogP contribution in [0.4, 0.5) is 5.82 Å². The zero-order chi connectivity index (χ0) is 19.5. The van der Waals surface area contributed by atoms with Crippen molar-refractivity contribution in [1.29, 1.82) is 0 Å². The normalized spacial score (nSPS) is 10.6. The maximum atomic E-state index is 12.7. The number of nitrogens with one attached hydrogen (secondary N) is 1. The summed E-state index contributed by atoms with van der Waals surface area (Å²) in [6.07, 6.45) is 3.49. The fourth-order valence-electron chi connectivity index (χ4n) is 3.12. The van der Waals surface area contributed by atoms with Gasteiger partial charge in [0.05, 0.1) is 12.8 Å². The molecule has 2 heterocycles. The highest BCUT2D eigenvalue weighted by molar-refractivity contribution is 6.06. The number of anilines is 1. The van der Waals surface area contributed by atoms with Crippen molar-refractivity contribution >= 4 is 22.5 Å². The number of hydrogen-bond donors (Lipinski definition) is 1. The van der Waals surface area contributed by atoms with E-state index in [4.69, 9.17) is 4.74 Å². The smallest absolute Gasteiger partial charge is 0.256 e. The Morgan fingerprint density at radius 3 is 2.71 bits per heavy atom. The van der Waals surface area contributed by atoms with Crippen LogP contribution in [0.2, 0.25) is 0 Å². The van der Waals surface area contributed by atoms with Crippen LogP contribution in [-0.4, -0.2) is 23.0 Å². The topological polar surface area (TPSA) is 64.1 Å². The van der Waals surface area contributed by atoms with Gasteiger partial charge in [-0.2, -0.15) is 0 Å². The van der Waals surface area contributed by atoms with Crippen molar-refractivity contribution < 1.29 is 9.53 Å². The van der Waals surface area contributed by atoms with Gasteiger partial charge in [0.1, 0.15) is 11.6 Å². The Balaban J connectivity index is 1.65. The summed E-state index contributed by atoms with van der Waals surface area (Å²) in [5.41, 5.74) is 3.23. The van der Waals surface area contributed by atoms with E-state index in [-0.39, 0.29) is 5.91 Å². The number of fused-ring (bicyclic) bond motifs is 1. The molecule has 0 fully saturated rings. The van der Waals surface area contributed by atoms with E-state index in [1.54, 1.807) is 31.6 Å². The number of benzene rings is 2. The second-order valence-electron chi connectivity index (χ2n) is 6.45. The Kier molecular flexibility index (Phi) is 4.72. The lowest BCUT2D eigenvalue weighted by molar-refractivity contribution is 0.102. The minimum absolute atomic E-state index is 0.207. The number of hydrogen-bond acceptors (Lipinski definition) is 4. The number of aryl methyl sites for hydroxylation is 1. The second-order valence-corrected chi connectivity index (χ2v) is 6.45. The maximum Gasteiger partial charge on any atom is 0.256 e. The van der Waals surface area contributed by atoms with Gasteiger partial charge in [0.25, 0.3) is 5.91 Å². The average molecular weight is 369 g/mol. The summed E-state index contributed by atoms with van der Waals surface area (Å²) < 4.78 is 5.45. The first-order chi connectivity index (χ1) is 13.7. The quantitative estimate of drug-likeness (QED) is 0.558. The molecule has 0 aliphatic rings. The molecular formula is C23H19N3O2. The molecule has 0 aliphatic heterocycles. The number of carbonyl (C=O) groups excluding carboxylic acids is 1. The zero-order valence-electron chi connectivity index (χ0n) is 15.6. The summed E-state index contributed by atoms with van der Waals surface area (Å²) >= 11 is 0. The van der Waals surface area contributed by atoms with E-state index in [1.807, 2.05) is 55.5 Å². The van der Waals surface area contributed by atoms with Gasteiger partial charge in [0.2, 0.25) is 0 Å². The highest BCUT2D eigenvalue weighted by Crippen LogP contribution is 2.31. The number of methoxy groups -OCH3 is 1.